The molecule has 7 nitrogen and oxygen atoms in total. The van der Waals surface area contributed by atoms with Crippen LogP contribution in [-0.2, 0) is 10.3 Å². The molecule has 0 aliphatic heterocycles. The molecule has 1 aromatic heterocycles. The number of aromatic hydroxyl groups is 1. The fourth-order valence-corrected chi connectivity index (χ4v) is 1.87. The predicted octanol–water partition coefficient (Wildman–Crippen LogP) is 1.67. The minimum Gasteiger partial charge on any atom is -0.481 e. The Balaban J connectivity index is 3.37. The van der Waals surface area contributed by atoms with E-state index in [1.54, 1.807) is 13.0 Å². The third-order valence-electron chi connectivity index (χ3n) is 2.92. The van der Waals surface area contributed by atoms with Gasteiger partial charge in [0, 0.05) is 6.07 Å². The Morgan fingerprint density at radius 3 is 2.86 bits per heavy atom. The van der Waals surface area contributed by atoms with Crippen molar-refractivity contribution in [3.05, 3.63) is 47.7 Å². The van der Waals surface area contributed by atoms with E-state index >= 15 is 0 Å². The second-order valence-electron chi connectivity index (χ2n) is 4.65. The van der Waals surface area contributed by atoms with Crippen molar-refractivity contribution in [1.29, 1.82) is 0 Å². The van der Waals surface area contributed by atoms with Crippen LogP contribution in [0.4, 0.5) is 0 Å². The van der Waals surface area contributed by atoms with Crippen LogP contribution in [0.3, 0.4) is 0 Å². The lowest BCUT2D eigenvalue weighted by Gasteiger charge is -2.25. The first-order chi connectivity index (χ1) is 9.90. The van der Waals surface area contributed by atoms with Gasteiger partial charge < -0.3 is 25.9 Å². The Morgan fingerprint density at radius 2 is 2.24 bits per heavy atom. The summed E-state index contributed by atoms with van der Waals surface area (Å²) in [5, 5.41) is 18.9. The van der Waals surface area contributed by atoms with Crippen LogP contribution in [0, 0.1) is 5.92 Å². The summed E-state index contributed by atoms with van der Waals surface area (Å²) in [4.78, 5) is 14.5. The molecule has 2 atom stereocenters. The molecule has 0 amide bonds. The normalized spacial score (nSPS) is 14.2. The average molecular weight is 291 g/mol. The van der Waals surface area contributed by atoms with Crippen LogP contribution in [0.1, 0.15) is 18.9 Å². The molecule has 0 aliphatic rings. The third kappa shape index (κ3) is 4.45. The van der Waals surface area contributed by atoms with Crippen LogP contribution in [0.2, 0.25) is 0 Å². The Morgan fingerprint density at radius 1 is 1.52 bits per heavy atom. The number of nitrogens with zero attached hydrogens (tertiary/aromatic N) is 2. The van der Waals surface area contributed by atoms with Crippen LogP contribution in [0.5, 0.6) is 5.95 Å². The summed E-state index contributed by atoms with van der Waals surface area (Å²) in [6.45, 7) is 1.68. The summed E-state index contributed by atoms with van der Waals surface area (Å²) < 4.78 is 4.80. The summed E-state index contributed by atoms with van der Waals surface area (Å²) in [5.74, 6) is -1.97. The van der Waals surface area contributed by atoms with Gasteiger partial charge in [-0.3, -0.25) is 0 Å². The van der Waals surface area contributed by atoms with Crippen molar-refractivity contribution < 1.29 is 24.2 Å². The summed E-state index contributed by atoms with van der Waals surface area (Å²) >= 11 is 0. The van der Waals surface area contributed by atoms with Gasteiger partial charge in [0.05, 0.1) is 12.2 Å². The third-order valence-corrected chi connectivity index (χ3v) is 2.92. The van der Waals surface area contributed by atoms with Crippen LogP contribution in [0.15, 0.2) is 41.0 Å². The quantitative estimate of drug-likeness (QED) is 0.431. The monoisotopic (exact) mass is 291 g/mol. The molecule has 0 spiro atoms. The maximum absolute atomic E-state index is 11.6. The Bertz CT molecular complexity index is 606. The van der Waals surface area contributed by atoms with Gasteiger partial charge in [-0.25, -0.2) is 4.79 Å². The van der Waals surface area contributed by atoms with Crippen molar-refractivity contribution in [2.24, 2.45) is 11.7 Å². The van der Waals surface area contributed by atoms with Gasteiger partial charge in [-0.05, 0) is 24.1 Å². The fraction of sp³-hybridized carbons (Fsp3) is 0.286. The zero-order valence-electron chi connectivity index (χ0n) is 11.5. The summed E-state index contributed by atoms with van der Waals surface area (Å²) in [7, 11) is 0. The Labute approximate surface area is 121 Å². The van der Waals surface area contributed by atoms with Gasteiger partial charge in [0.15, 0.2) is 0 Å². The van der Waals surface area contributed by atoms with Gasteiger partial charge in [0.2, 0.25) is 0 Å². The zero-order valence-corrected chi connectivity index (χ0v) is 11.5. The first-order valence-corrected chi connectivity index (χ1v) is 6.21. The van der Waals surface area contributed by atoms with Crippen LogP contribution >= 0.6 is 0 Å². The molecule has 21 heavy (non-hydrogen) atoms. The largest absolute Gasteiger partial charge is 0.481 e. The first-order valence-electron chi connectivity index (χ1n) is 6.21. The molecule has 0 radical (unpaired) electrons. The second-order valence-corrected chi connectivity index (χ2v) is 4.65. The van der Waals surface area contributed by atoms with Crippen molar-refractivity contribution >= 4 is 12.2 Å². The topological polar surface area (TPSA) is 133 Å². The maximum Gasteiger partial charge on any atom is 0.328 e. The van der Waals surface area contributed by atoms with Gasteiger partial charge >= 0.3 is 5.97 Å². The highest BCUT2D eigenvalue weighted by atomic mass is 16.5. The van der Waals surface area contributed by atoms with Crippen LogP contribution in [0.25, 0.3) is 5.53 Å². The molecule has 0 aromatic carbocycles. The standard InChI is InChI=1S/C14H17N3O4/c1-10(9-17-16)8-14(15,13(19)20)11-4-2-3-7-21-12(18)6-5-11/h2-7,9-10,18H,8,15H2,1H3,(H,19,20). The van der Waals surface area contributed by atoms with Crippen molar-refractivity contribution in [3.63, 3.8) is 0 Å². The Hall–Kier alpha value is -2.63. The molecule has 0 saturated heterocycles. The highest BCUT2D eigenvalue weighted by Gasteiger charge is 2.37. The highest BCUT2D eigenvalue weighted by Crippen LogP contribution is 2.26. The van der Waals surface area contributed by atoms with E-state index in [4.69, 9.17) is 15.7 Å². The fourth-order valence-electron chi connectivity index (χ4n) is 1.87. The summed E-state index contributed by atoms with van der Waals surface area (Å²) in [6.07, 6.45) is 2.47. The van der Waals surface area contributed by atoms with Gasteiger partial charge in [0.25, 0.3) is 12.2 Å². The SMILES string of the molecule is CC(C=[N+]=[N-])CC(N)(C(=O)O)c1ccccoc(O)cc1. The summed E-state index contributed by atoms with van der Waals surface area (Å²) in [5.41, 5.74) is 13.1. The Kier molecular flexibility index (Phi) is 5.66. The van der Waals surface area contributed by atoms with E-state index in [2.05, 4.69) is 4.79 Å². The molecule has 7 heteroatoms. The van der Waals surface area contributed by atoms with E-state index in [1.165, 1.54) is 36.7 Å². The molecule has 1 rings (SSSR count). The molecule has 0 fully saturated rings. The molecule has 112 valence electrons. The summed E-state index contributed by atoms with van der Waals surface area (Å²) in [6, 6.07) is 7.14. The minimum atomic E-state index is -1.70. The smallest absolute Gasteiger partial charge is 0.328 e. The van der Waals surface area contributed by atoms with E-state index in [-0.39, 0.29) is 23.8 Å². The number of hydrogen-bond acceptors (Lipinski definition) is 4. The van der Waals surface area contributed by atoms with Crippen molar-refractivity contribution in [2.45, 2.75) is 18.9 Å². The van der Waals surface area contributed by atoms with Crippen molar-refractivity contribution in [2.75, 3.05) is 0 Å². The molecular weight excluding hydrogens is 274 g/mol. The molecule has 4 N–H and O–H groups in total. The molecule has 0 saturated carbocycles. The number of hydrogen-bond donors (Lipinski definition) is 3. The van der Waals surface area contributed by atoms with Crippen molar-refractivity contribution in [1.82, 2.24) is 0 Å². The van der Waals surface area contributed by atoms with Gasteiger partial charge in [0.1, 0.15) is 5.54 Å². The zero-order chi connectivity index (χ0) is 15.9. The molecule has 0 bridgehead atoms. The van der Waals surface area contributed by atoms with Crippen molar-refractivity contribution in [3.8, 4) is 5.95 Å². The average Bonchev–Trinajstić information content (AvgIpc) is 2.51. The van der Waals surface area contributed by atoms with Gasteiger partial charge in [-0.1, -0.05) is 19.1 Å². The van der Waals surface area contributed by atoms with E-state index in [1.807, 2.05) is 0 Å². The van der Waals surface area contributed by atoms with E-state index in [0.29, 0.717) is 0 Å². The second kappa shape index (κ2) is 7.23. The van der Waals surface area contributed by atoms with E-state index in [0.717, 1.165) is 0 Å². The van der Waals surface area contributed by atoms with Gasteiger partial charge in [-0.15, -0.1) is 0 Å². The number of aliphatic carboxylic acids is 1. The number of nitrogens with two attached hydrogens (primary N) is 1. The highest BCUT2D eigenvalue weighted by molar-refractivity contribution is 5.81. The predicted molar refractivity (Wildman–Crippen MR) is 75.0 cm³/mol. The number of carboxylic acid groups (broad SMARTS) is 1. The minimum absolute atomic E-state index is 0.0156. The lowest BCUT2D eigenvalue weighted by molar-refractivity contribution is -0.144. The number of carbonyl (C=O) groups is 1. The first kappa shape index (κ1) is 16.4. The van der Waals surface area contributed by atoms with Gasteiger partial charge in [-0.2, -0.15) is 4.79 Å². The molecule has 2 unspecified atom stereocenters. The van der Waals surface area contributed by atoms with Crippen LogP contribution < -0.4 is 5.73 Å². The lowest BCUT2D eigenvalue weighted by atomic mass is 9.83. The van der Waals surface area contributed by atoms with Crippen LogP contribution in [-0.4, -0.2) is 27.2 Å². The number of rotatable bonds is 5. The number of carboxylic acids is 1. The molecular formula is C14H17N3O4. The van der Waals surface area contributed by atoms with E-state index in [9.17, 15) is 15.0 Å². The molecule has 0 aliphatic carbocycles. The lowest BCUT2D eigenvalue weighted by Crippen LogP contribution is -2.46. The molecule has 1 aromatic rings. The maximum atomic E-state index is 11.6. The molecule has 1 heterocycles. The van der Waals surface area contributed by atoms with E-state index < -0.39 is 11.5 Å².